The predicted octanol–water partition coefficient (Wildman–Crippen LogP) is 3.37. The molecule has 1 amide bonds. The van der Waals surface area contributed by atoms with Gasteiger partial charge in [-0.1, -0.05) is 72.8 Å². The van der Waals surface area contributed by atoms with Gasteiger partial charge in [-0.15, -0.1) is 0 Å². The molecule has 0 fully saturated rings. The molecule has 0 aliphatic carbocycles. The van der Waals surface area contributed by atoms with Crippen LogP contribution in [0.5, 0.6) is 0 Å². The molecule has 0 radical (unpaired) electrons. The summed E-state index contributed by atoms with van der Waals surface area (Å²) in [5.74, 6) is -0.471. The Morgan fingerprint density at radius 3 is 2.14 bits per heavy atom. The minimum Gasteiger partial charge on any atom is -0.346 e. The Bertz CT molecular complexity index is 1170. The van der Waals surface area contributed by atoms with E-state index in [1.54, 1.807) is 4.57 Å². The molecule has 0 bridgehead atoms. The van der Waals surface area contributed by atoms with Crippen molar-refractivity contribution in [2.24, 2.45) is 0 Å². The molecule has 138 valence electrons. The van der Waals surface area contributed by atoms with Crippen LogP contribution in [-0.4, -0.2) is 15.5 Å². The van der Waals surface area contributed by atoms with Gasteiger partial charge in [0.05, 0.1) is 17.6 Å². The Balaban J connectivity index is 1.71. The molecule has 0 saturated heterocycles. The third-order valence-electron chi connectivity index (χ3n) is 4.55. The topological polar surface area (TPSA) is 64.0 Å². The fraction of sp³-hybridized carbons (Fsp3) is 0.0870. The molecule has 5 heteroatoms. The molecule has 0 aliphatic rings. The third-order valence-corrected chi connectivity index (χ3v) is 4.55. The largest absolute Gasteiger partial charge is 0.346 e. The fourth-order valence-electron chi connectivity index (χ4n) is 3.13. The maximum absolute atomic E-state index is 13.1. The molecule has 28 heavy (non-hydrogen) atoms. The van der Waals surface area contributed by atoms with Crippen molar-refractivity contribution < 1.29 is 4.79 Å². The van der Waals surface area contributed by atoms with Crippen LogP contribution in [0.25, 0.3) is 11.0 Å². The van der Waals surface area contributed by atoms with Gasteiger partial charge >= 0.3 is 0 Å². The van der Waals surface area contributed by atoms with Crippen LogP contribution in [0.3, 0.4) is 0 Å². The van der Waals surface area contributed by atoms with Crippen molar-refractivity contribution in [1.82, 2.24) is 14.9 Å². The lowest BCUT2D eigenvalue weighted by Gasteiger charge is -2.12. The number of hydrogen-bond donors (Lipinski definition) is 1. The summed E-state index contributed by atoms with van der Waals surface area (Å²) < 4.78 is 1.61. The van der Waals surface area contributed by atoms with Crippen molar-refractivity contribution in [2.45, 2.75) is 13.1 Å². The molecule has 0 saturated carbocycles. The summed E-state index contributed by atoms with van der Waals surface area (Å²) >= 11 is 0. The Hall–Kier alpha value is -3.73. The summed E-state index contributed by atoms with van der Waals surface area (Å²) in [5, 5.41) is 2.80. The number of carbonyl (C=O) groups is 1. The number of aromatic nitrogens is 2. The van der Waals surface area contributed by atoms with E-state index in [4.69, 9.17) is 0 Å². The molecule has 4 aromatic rings. The number of benzene rings is 3. The van der Waals surface area contributed by atoms with Crippen LogP contribution in [0.15, 0.2) is 89.7 Å². The molecule has 0 aliphatic heterocycles. The van der Waals surface area contributed by atoms with Crippen LogP contribution in [-0.2, 0) is 13.1 Å². The number of nitrogens with zero attached hydrogens (tertiary/aromatic N) is 2. The summed E-state index contributed by atoms with van der Waals surface area (Å²) in [4.78, 5) is 30.1. The molecule has 1 N–H and O–H groups in total. The zero-order valence-electron chi connectivity index (χ0n) is 15.2. The molecule has 1 aromatic heterocycles. The Kier molecular flexibility index (Phi) is 4.97. The number of amides is 1. The van der Waals surface area contributed by atoms with Crippen molar-refractivity contribution in [3.05, 3.63) is 112 Å². The first-order valence-electron chi connectivity index (χ1n) is 9.08. The second kappa shape index (κ2) is 7.88. The lowest BCUT2D eigenvalue weighted by Crippen LogP contribution is -2.34. The summed E-state index contributed by atoms with van der Waals surface area (Å²) in [7, 11) is 0. The molecule has 1 heterocycles. The van der Waals surface area contributed by atoms with Gasteiger partial charge in [0.2, 0.25) is 0 Å². The minimum absolute atomic E-state index is 0.0921. The van der Waals surface area contributed by atoms with Gasteiger partial charge in [0, 0.05) is 6.54 Å². The van der Waals surface area contributed by atoms with Gasteiger partial charge in [-0.2, -0.15) is 0 Å². The maximum Gasteiger partial charge on any atom is 0.283 e. The van der Waals surface area contributed by atoms with Crippen molar-refractivity contribution >= 4 is 16.9 Å². The predicted molar refractivity (Wildman–Crippen MR) is 109 cm³/mol. The minimum atomic E-state index is -0.471. The van der Waals surface area contributed by atoms with Crippen LogP contribution in [0.4, 0.5) is 0 Å². The van der Waals surface area contributed by atoms with E-state index in [-0.39, 0.29) is 5.69 Å². The first-order chi connectivity index (χ1) is 13.7. The third kappa shape index (κ3) is 3.69. The molecular formula is C23H19N3O2. The van der Waals surface area contributed by atoms with E-state index < -0.39 is 11.5 Å². The second-order valence-electron chi connectivity index (χ2n) is 6.49. The first kappa shape index (κ1) is 17.7. The van der Waals surface area contributed by atoms with Crippen LogP contribution in [0, 0.1) is 0 Å². The lowest BCUT2D eigenvalue weighted by molar-refractivity contribution is 0.0944. The van der Waals surface area contributed by atoms with Gasteiger partial charge in [0.25, 0.3) is 11.5 Å². The van der Waals surface area contributed by atoms with Crippen molar-refractivity contribution in [3.8, 4) is 0 Å². The fourth-order valence-corrected chi connectivity index (χ4v) is 3.13. The van der Waals surface area contributed by atoms with Crippen molar-refractivity contribution in [2.75, 3.05) is 0 Å². The standard InChI is InChI=1S/C23H19N3O2/c27-22(24-15-17-9-3-1-4-10-17)21-23(28)26(16-18-11-5-2-6-12-18)20-14-8-7-13-19(20)25-21/h1-14H,15-16H2,(H,24,27). The van der Waals surface area contributed by atoms with Crippen molar-refractivity contribution in [3.63, 3.8) is 0 Å². The van der Waals surface area contributed by atoms with E-state index in [0.29, 0.717) is 24.1 Å². The highest BCUT2D eigenvalue weighted by molar-refractivity contribution is 5.93. The number of hydrogen-bond acceptors (Lipinski definition) is 3. The van der Waals surface area contributed by atoms with Crippen LogP contribution < -0.4 is 10.9 Å². The molecule has 4 rings (SSSR count). The van der Waals surface area contributed by atoms with Gasteiger partial charge in [-0.3, -0.25) is 9.59 Å². The smallest absolute Gasteiger partial charge is 0.283 e. The number of nitrogens with one attached hydrogen (secondary N) is 1. The van der Waals surface area contributed by atoms with Gasteiger partial charge in [0.15, 0.2) is 5.69 Å². The molecule has 0 atom stereocenters. The van der Waals surface area contributed by atoms with E-state index in [9.17, 15) is 9.59 Å². The van der Waals surface area contributed by atoms with E-state index >= 15 is 0 Å². The van der Waals surface area contributed by atoms with E-state index in [0.717, 1.165) is 11.1 Å². The van der Waals surface area contributed by atoms with Gasteiger partial charge in [-0.05, 0) is 23.3 Å². The zero-order chi connectivity index (χ0) is 19.3. The highest BCUT2D eigenvalue weighted by atomic mass is 16.2. The average molecular weight is 369 g/mol. The van der Waals surface area contributed by atoms with E-state index in [2.05, 4.69) is 10.3 Å². The summed E-state index contributed by atoms with van der Waals surface area (Å²) in [5.41, 5.74) is 2.77. The number of carbonyl (C=O) groups excluding carboxylic acids is 1. The highest BCUT2D eigenvalue weighted by Crippen LogP contribution is 2.12. The van der Waals surface area contributed by atoms with E-state index in [1.165, 1.54) is 0 Å². The lowest BCUT2D eigenvalue weighted by atomic mass is 10.2. The Labute approximate surface area is 162 Å². The normalized spacial score (nSPS) is 10.7. The quantitative estimate of drug-likeness (QED) is 0.587. The van der Waals surface area contributed by atoms with E-state index in [1.807, 2.05) is 84.9 Å². The second-order valence-corrected chi connectivity index (χ2v) is 6.49. The van der Waals surface area contributed by atoms with Crippen molar-refractivity contribution in [1.29, 1.82) is 0 Å². The first-order valence-corrected chi connectivity index (χ1v) is 9.08. The van der Waals surface area contributed by atoms with Crippen LogP contribution in [0.2, 0.25) is 0 Å². The zero-order valence-corrected chi connectivity index (χ0v) is 15.2. The Morgan fingerprint density at radius 1 is 0.821 bits per heavy atom. The Morgan fingerprint density at radius 2 is 1.43 bits per heavy atom. The molecule has 0 unspecified atom stereocenters. The monoisotopic (exact) mass is 369 g/mol. The molecular weight excluding hydrogens is 350 g/mol. The SMILES string of the molecule is O=C(NCc1ccccc1)c1nc2ccccc2n(Cc2ccccc2)c1=O. The molecule has 0 spiro atoms. The maximum atomic E-state index is 13.1. The summed E-state index contributed by atoms with van der Waals surface area (Å²) in [6.07, 6.45) is 0. The van der Waals surface area contributed by atoms with Gasteiger partial charge in [-0.25, -0.2) is 4.98 Å². The average Bonchev–Trinajstić information content (AvgIpc) is 2.75. The summed E-state index contributed by atoms with van der Waals surface area (Å²) in [6.45, 7) is 0.716. The van der Waals surface area contributed by atoms with Gasteiger partial charge in [0.1, 0.15) is 0 Å². The number of para-hydroxylation sites is 2. The number of fused-ring (bicyclic) bond motifs is 1. The van der Waals surface area contributed by atoms with Crippen LogP contribution in [0.1, 0.15) is 21.6 Å². The molecule has 3 aromatic carbocycles. The molecule has 5 nitrogen and oxygen atoms in total. The van der Waals surface area contributed by atoms with Gasteiger partial charge < -0.3 is 9.88 Å². The number of rotatable bonds is 5. The van der Waals surface area contributed by atoms with Crippen LogP contribution >= 0.6 is 0 Å². The summed E-state index contributed by atoms with van der Waals surface area (Å²) in [6, 6.07) is 26.6. The highest BCUT2D eigenvalue weighted by Gasteiger charge is 2.17.